The van der Waals surface area contributed by atoms with E-state index in [0.717, 1.165) is 0 Å². The van der Waals surface area contributed by atoms with Crippen molar-refractivity contribution in [3.05, 3.63) is 36.5 Å². The van der Waals surface area contributed by atoms with Gasteiger partial charge in [0.05, 0.1) is 0 Å². The van der Waals surface area contributed by atoms with Gasteiger partial charge in [0.25, 0.3) is 11.8 Å². The number of amides is 2. The molecule has 0 radical (unpaired) electrons. The Morgan fingerprint density at radius 2 is 2.18 bits per heavy atom. The van der Waals surface area contributed by atoms with Gasteiger partial charge < -0.3 is 0 Å². The van der Waals surface area contributed by atoms with Crippen LogP contribution in [-0.4, -0.2) is 11.8 Å². The Morgan fingerprint density at radius 1 is 1.45 bits per heavy atom. The van der Waals surface area contributed by atoms with Crippen molar-refractivity contribution in [2.24, 2.45) is 0 Å². The lowest BCUT2D eigenvalue weighted by molar-refractivity contribution is -0.123. The summed E-state index contributed by atoms with van der Waals surface area (Å²) in [7, 11) is 0. The molecule has 0 bridgehead atoms. The zero-order valence-electron chi connectivity index (χ0n) is 5.83. The van der Waals surface area contributed by atoms with Crippen LogP contribution in [0.5, 0.6) is 0 Å². The fourth-order valence-corrected chi connectivity index (χ4v) is 0.722. The van der Waals surface area contributed by atoms with E-state index in [-0.39, 0.29) is 11.8 Å². The van der Waals surface area contributed by atoms with E-state index in [1.807, 2.05) is 0 Å². The molecule has 0 atom stereocenters. The van der Waals surface area contributed by atoms with E-state index in [4.69, 9.17) is 0 Å². The van der Waals surface area contributed by atoms with Gasteiger partial charge in [0.2, 0.25) is 0 Å². The highest BCUT2D eigenvalue weighted by molar-refractivity contribution is 6.17. The maximum Gasteiger partial charge on any atom is 0.258 e. The normalized spacial score (nSPS) is 16.9. The van der Waals surface area contributed by atoms with Crippen LogP contribution >= 0.6 is 0 Å². The molecular formula is C8H7NO2. The summed E-state index contributed by atoms with van der Waals surface area (Å²) in [6.45, 7) is 3.44. The number of hydrogen-bond donors (Lipinski definition) is 1. The Morgan fingerprint density at radius 3 is 2.64 bits per heavy atom. The van der Waals surface area contributed by atoms with Crippen molar-refractivity contribution >= 4 is 11.8 Å². The molecule has 1 aliphatic rings. The van der Waals surface area contributed by atoms with Crippen LogP contribution in [0.3, 0.4) is 0 Å². The summed E-state index contributed by atoms with van der Waals surface area (Å²) in [6.07, 6.45) is 5.93. The van der Waals surface area contributed by atoms with Crippen LogP contribution in [0.25, 0.3) is 0 Å². The van der Waals surface area contributed by atoms with E-state index in [1.54, 1.807) is 6.08 Å². The van der Waals surface area contributed by atoms with Crippen molar-refractivity contribution in [3.63, 3.8) is 0 Å². The molecule has 1 N–H and O–H groups in total. The maximum atomic E-state index is 10.8. The first-order valence-electron chi connectivity index (χ1n) is 3.10. The molecule has 0 aromatic carbocycles. The van der Waals surface area contributed by atoms with Crippen LogP contribution in [0.1, 0.15) is 0 Å². The molecule has 2 amide bonds. The number of hydrogen-bond acceptors (Lipinski definition) is 2. The molecule has 0 unspecified atom stereocenters. The molecule has 3 nitrogen and oxygen atoms in total. The van der Waals surface area contributed by atoms with Gasteiger partial charge >= 0.3 is 0 Å². The highest BCUT2D eigenvalue weighted by Gasteiger charge is 2.17. The predicted octanol–water partition coefficient (Wildman–Crippen LogP) is 0.311. The minimum atomic E-state index is -0.362. The Hall–Kier alpha value is -1.64. The molecule has 1 aliphatic heterocycles. The Labute approximate surface area is 64.1 Å². The number of carbonyl (C=O) groups excluding carboxylic acids is 2. The Kier molecular flexibility index (Phi) is 2.01. The maximum absolute atomic E-state index is 10.8. The standard InChI is InChI=1S/C8H7NO2/c1-2-3-4-6-5-7(10)9-8(6)11/h2-5H,1H2,(H,9,10,11)/b4-3+. The smallest absolute Gasteiger partial charge is 0.258 e. The number of nitrogens with one attached hydrogen (secondary N) is 1. The fourth-order valence-electron chi connectivity index (χ4n) is 0.722. The zero-order valence-corrected chi connectivity index (χ0v) is 5.83. The zero-order chi connectivity index (χ0) is 8.27. The third-order valence-corrected chi connectivity index (χ3v) is 1.20. The summed E-state index contributed by atoms with van der Waals surface area (Å²) < 4.78 is 0. The molecule has 0 aliphatic carbocycles. The molecule has 0 saturated heterocycles. The van der Waals surface area contributed by atoms with E-state index in [0.29, 0.717) is 5.57 Å². The van der Waals surface area contributed by atoms with Crippen LogP contribution in [0, 0.1) is 0 Å². The molecule has 0 aromatic rings. The Balaban J connectivity index is 2.79. The van der Waals surface area contributed by atoms with Crippen LogP contribution in [-0.2, 0) is 9.59 Å². The van der Waals surface area contributed by atoms with Crippen molar-refractivity contribution in [3.8, 4) is 0 Å². The van der Waals surface area contributed by atoms with Gasteiger partial charge in [-0.3, -0.25) is 14.9 Å². The van der Waals surface area contributed by atoms with Gasteiger partial charge in [0, 0.05) is 11.6 Å². The fraction of sp³-hybridized carbons (Fsp3) is 0. The van der Waals surface area contributed by atoms with Gasteiger partial charge in [0.15, 0.2) is 0 Å². The van der Waals surface area contributed by atoms with E-state index in [2.05, 4.69) is 11.9 Å². The SMILES string of the molecule is C=C/C=C/C1=CC(=O)NC1=O. The summed E-state index contributed by atoms with van der Waals surface area (Å²) in [5.74, 6) is -0.716. The van der Waals surface area contributed by atoms with Crippen molar-refractivity contribution < 1.29 is 9.59 Å². The summed E-state index contributed by atoms with van der Waals surface area (Å²) in [4.78, 5) is 21.4. The minimum absolute atomic E-state index is 0.354. The largest absolute Gasteiger partial charge is 0.289 e. The number of allylic oxidation sites excluding steroid dienone is 2. The lowest BCUT2D eigenvalue weighted by Gasteiger charge is -1.87. The second-order valence-electron chi connectivity index (χ2n) is 2.01. The first-order chi connectivity index (χ1) is 5.24. The minimum Gasteiger partial charge on any atom is -0.289 e. The molecule has 3 heteroatoms. The first-order valence-corrected chi connectivity index (χ1v) is 3.10. The van der Waals surface area contributed by atoms with Crippen molar-refractivity contribution in [1.82, 2.24) is 5.32 Å². The van der Waals surface area contributed by atoms with Crippen LogP contribution < -0.4 is 5.32 Å². The van der Waals surface area contributed by atoms with Gasteiger partial charge in [-0.15, -0.1) is 0 Å². The van der Waals surface area contributed by atoms with Gasteiger partial charge in [-0.25, -0.2) is 0 Å². The van der Waals surface area contributed by atoms with Crippen LogP contribution in [0.4, 0.5) is 0 Å². The lowest BCUT2D eigenvalue weighted by Crippen LogP contribution is -2.21. The predicted molar refractivity (Wildman–Crippen MR) is 40.6 cm³/mol. The molecule has 1 heterocycles. The summed E-state index contributed by atoms with van der Waals surface area (Å²) >= 11 is 0. The van der Waals surface area contributed by atoms with E-state index >= 15 is 0 Å². The molecule has 0 aromatic heterocycles. The highest BCUT2D eigenvalue weighted by atomic mass is 16.2. The van der Waals surface area contributed by atoms with E-state index < -0.39 is 0 Å². The third-order valence-electron chi connectivity index (χ3n) is 1.20. The molecule has 0 saturated carbocycles. The molecule has 1 rings (SSSR count). The monoisotopic (exact) mass is 149 g/mol. The molecule has 0 spiro atoms. The van der Waals surface area contributed by atoms with Gasteiger partial charge in [-0.05, 0) is 6.08 Å². The van der Waals surface area contributed by atoms with Gasteiger partial charge in [0.1, 0.15) is 0 Å². The highest BCUT2D eigenvalue weighted by Crippen LogP contribution is 2.03. The summed E-state index contributed by atoms with van der Waals surface area (Å²) in [6, 6.07) is 0. The average Bonchev–Trinajstić information content (AvgIpc) is 2.26. The Bertz CT molecular complexity index is 274. The summed E-state index contributed by atoms with van der Waals surface area (Å²) in [5.41, 5.74) is 0.370. The molecule has 56 valence electrons. The quantitative estimate of drug-likeness (QED) is 0.453. The van der Waals surface area contributed by atoms with Gasteiger partial charge in [-0.2, -0.15) is 0 Å². The van der Waals surface area contributed by atoms with Crippen LogP contribution in [0.2, 0.25) is 0 Å². The van der Waals surface area contributed by atoms with Crippen molar-refractivity contribution in [2.45, 2.75) is 0 Å². The third kappa shape index (κ3) is 1.64. The van der Waals surface area contributed by atoms with Crippen molar-refractivity contribution in [2.75, 3.05) is 0 Å². The average molecular weight is 149 g/mol. The van der Waals surface area contributed by atoms with Crippen molar-refractivity contribution in [1.29, 1.82) is 0 Å². The molecular weight excluding hydrogens is 142 g/mol. The second kappa shape index (κ2) is 2.96. The van der Waals surface area contributed by atoms with E-state index in [1.165, 1.54) is 18.2 Å². The second-order valence-corrected chi connectivity index (χ2v) is 2.01. The number of imide groups is 1. The van der Waals surface area contributed by atoms with Crippen LogP contribution in [0.15, 0.2) is 36.5 Å². The number of carbonyl (C=O) groups is 2. The molecule has 0 fully saturated rings. The first kappa shape index (κ1) is 7.47. The topological polar surface area (TPSA) is 46.2 Å². The molecule has 11 heavy (non-hydrogen) atoms. The van der Waals surface area contributed by atoms with E-state index in [9.17, 15) is 9.59 Å². The summed E-state index contributed by atoms with van der Waals surface area (Å²) in [5, 5.41) is 2.12. The lowest BCUT2D eigenvalue weighted by atomic mass is 10.2. The van der Waals surface area contributed by atoms with Gasteiger partial charge in [-0.1, -0.05) is 18.7 Å². The number of rotatable bonds is 2.